The molecule has 0 N–H and O–H groups in total. The Labute approximate surface area is 178 Å². The molecule has 0 fully saturated rings. The summed E-state index contributed by atoms with van der Waals surface area (Å²) in [5, 5.41) is 0.722. The molecule has 2 aromatic carbocycles. The number of anilines is 1. The number of carbonyl (C=O) groups excluding carboxylic acids is 1. The quantitative estimate of drug-likeness (QED) is 0.503. The third-order valence-electron chi connectivity index (χ3n) is 4.50. The van der Waals surface area contributed by atoms with Crippen LogP contribution in [0.4, 0.5) is 5.13 Å². The SMILES string of the molecule is CN(C)CCN(C(=O)CCSc1ccccc1)c1nc2cc3c(cc2s1)OCO3. The summed E-state index contributed by atoms with van der Waals surface area (Å²) < 4.78 is 11.9. The molecule has 1 aromatic heterocycles. The molecule has 0 bridgehead atoms. The van der Waals surface area contributed by atoms with Crippen molar-refractivity contribution < 1.29 is 14.3 Å². The Morgan fingerprint density at radius 3 is 2.66 bits per heavy atom. The van der Waals surface area contributed by atoms with Gasteiger partial charge in [0.1, 0.15) is 0 Å². The fourth-order valence-corrected chi connectivity index (χ4v) is 4.84. The van der Waals surface area contributed by atoms with Crippen molar-refractivity contribution in [3.8, 4) is 11.5 Å². The summed E-state index contributed by atoms with van der Waals surface area (Å²) in [4.78, 5) is 22.8. The third kappa shape index (κ3) is 4.83. The number of ether oxygens (including phenoxy) is 2. The molecule has 0 radical (unpaired) electrons. The minimum Gasteiger partial charge on any atom is -0.454 e. The second-order valence-electron chi connectivity index (χ2n) is 6.93. The van der Waals surface area contributed by atoms with Gasteiger partial charge in [0, 0.05) is 42.3 Å². The molecular formula is C21H23N3O3S2. The van der Waals surface area contributed by atoms with Gasteiger partial charge in [-0.25, -0.2) is 4.98 Å². The molecule has 1 amide bonds. The van der Waals surface area contributed by atoms with Crippen molar-refractivity contribution in [1.82, 2.24) is 9.88 Å². The summed E-state index contributed by atoms with van der Waals surface area (Å²) in [6, 6.07) is 14.0. The number of hydrogen-bond acceptors (Lipinski definition) is 7. The standard InChI is InChI=1S/C21H23N3O3S2/c1-23(2)9-10-24(20(25)8-11-28-15-6-4-3-5-7-15)21-22-16-12-17-18(27-14-26-17)13-19(16)29-21/h3-7,12-13H,8-11,14H2,1-2H3. The van der Waals surface area contributed by atoms with Gasteiger partial charge in [0.15, 0.2) is 16.6 Å². The zero-order chi connectivity index (χ0) is 20.2. The molecule has 1 aliphatic heterocycles. The first-order chi connectivity index (χ1) is 14.1. The van der Waals surface area contributed by atoms with Gasteiger partial charge in [0.2, 0.25) is 12.7 Å². The highest BCUT2D eigenvalue weighted by Crippen LogP contribution is 2.39. The van der Waals surface area contributed by atoms with E-state index in [0.717, 1.165) is 33.4 Å². The lowest BCUT2D eigenvalue weighted by Crippen LogP contribution is -2.36. The molecule has 0 saturated carbocycles. The third-order valence-corrected chi connectivity index (χ3v) is 6.56. The molecule has 4 rings (SSSR count). The van der Waals surface area contributed by atoms with Crippen LogP contribution in [-0.4, -0.2) is 55.5 Å². The van der Waals surface area contributed by atoms with Crippen molar-refractivity contribution >= 4 is 44.4 Å². The highest BCUT2D eigenvalue weighted by Gasteiger charge is 2.22. The van der Waals surface area contributed by atoms with Crippen LogP contribution in [0.1, 0.15) is 6.42 Å². The molecule has 0 aliphatic carbocycles. The van der Waals surface area contributed by atoms with Gasteiger partial charge in [0.05, 0.1) is 10.2 Å². The number of amides is 1. The van der Waals surface area contributed by atoms with E-state index < -0.39 is 0 Å². The number of carbonyl (C=O) groups is 1. The predicted octanol–water partition coefficient (Wildman–Crippen LogP) is 4.10. The Morgan fingerprint density at radius 2 is 1.90 bits per heavy atom. The number of benzene rings is 2. The molecule has 152 valence electrons. The highest BCUT2D eigenvalue weighted by molar-refractivity contribution is 7.99. The first-order valence-corrected chi connectivity index (χ1v) is 11.2. The summed E-state index contributed by atoms with van der Waals surface area (Å²) in [6.07, 6.45) is 0.464. The van der Waals surface area contributed by atoms with Crippen LogP contribution in [0.15, 0.2) is 47.4 Å². The number of thioether (sulfide) groups is 1. The Bertz CT molecular complexity index is 951. The zero-order valence-electron chi connectivity index (χ0n) is 16.5. The number of likely N-dealkylation sites (N-methyl/N-ethyl adjacent to an activating group) is 1. The van der Waals surface area contributed by atoms with Crippen LogP contribution in [0.2, 0.25) is 0 Å². The number of nitrogens with zero attached hydrogens (tertiary/aromatic N) is 3. The normalized spacial score (nSPS) is 12.7. The van der Waals surface area contributed by atoms with Crippen LogP contribution in [0, 0.1) is 0 Å². The van der Waals surface area contributed by atoms with Gasteiger partial charge >= 0.3 is 0 Å². The van der Waals surface area contributed by atoms with Crippen molar-refractivity contribution in [3.05, 3.63) is 42.5 Å². The zero-order valence-corrected chi connectivity index (χ0v) is 18.1. The van der Waals surface area contributed by atoms with Gasteiger partial charge in [-0.1, -0.05) is 29.5 Å². The summed E-state index contributed by atoms with van der Waals surface area (Å²) in [5.41, 5.74) is 0.829. The van der Waals surface area contributed by atoms with E-state index in [1.807, 2.05) is 49.3 Å². The predicted molar refractivity (Wildman–Crippen MR) is 118 cm³/mol. The molecule has 0 spiro atoms. The monoisotopic (exact) mass is 429 g/mol. The number of fused-ring (bicyclic) bond motifs is 2. The van der Waals surface area contributed by atoms with Crippen molar-refractivity contribution in [2.24, 2.45) is 0 Å². The smallest absolute Gasteiger partial charge is 0.231 e. The van der Waals surface area contributed by atoms with Crippen molar-refractivity contribution in [2.45, 2.75) is 11.3 Å². The van der Waals surface area contributed by atoms with Crippen LogP contribution < -0.4 is 14.4 Å². The van der Waals surface area contributed by atoms with Crippen LogP contribution in [0.5, 0.6) is 11.5 Å². The summed E-state index contributed by atoms with van der Waals surface area (Å²) in [6.45, 7) is 1.62. The molecule has 0 unspecified atom stereocenters. The van der Waals surface area contributed by atoms with Crippen LogP contribution >= 0.6 is 23.1 Å². The van der Waals surface area contributed by atoms with Gasteiger partial charge in [-0.3, -0.25) is 9.69 Å². The number of aromatic nitrogens is 1. The maximum Gasteiger partial charge on any atom is 0.231 e. The first-order valence-electron chi connectivity index (χ1n) is 9.43. The maximum absolute atomic E-state index is 13.0. The van der Waals surface area contributed by atoms with E-state index in [9.17, 15) is 4.79 Å². The molecule has 3 aromatic rings. The van der Waals surface area contributed by atoms with Crippen LogP contribution in [-0.2, 0) is 4.79 Å². The topological polar surface area (TPSA) is 54.9 Å². The fourth-order valence-electron chi connectivity index (χ4n) is 2.96. The molecule has 2 heterocycles. The molecule has 8 heteroatoms. The molecule has 29 heavy (non-hydrogen) atoms. The summed E-state index contributed by atoms with van der Waals surface area (Å²) in [5.74, 6) is 2.27. The van der Waals surface area contributed by atoms with E-state index in [-0.39, 0.29) is 12.7 Å². The Balaban J connectivity index is 1.50. The van der Waals surface area contributed by atoms with Crippen LogP contribution in [0.25, 0.3) is 10.2 Å². The van der Waals surface area contributed by atoms with E-state index in [2.05, 4.69) is 17.0 Å². The molecule has 0 saturated heterocycles. The van der Waals surface area contributed by atoms with Gasteiger partial charge in [0.25, 0.3) is 0 Å². The lowest BCUT2D eigenvalue weighted by molar-refractivity contribution is -0.118. The second kappa shape index (κ2) is 9.02. The molecular weight excluding hydrogens is 406 g/mol. The maximum atomic E-state index is 13.0. The number of thiazole rings is 1. The second-order valence-corrected chi connectivity index (χ2v) is 9.11. The fraction of sp³-hybridized carbons (Fsp3) is 0.333. The molecule has 6 nitrogen and oxygen atoms in total. The minimum atomic E-state index is 0.0920. The highest BCUT2D eigenvalue weighted by atomic mass is 32.2. The Kier molecular flexibility index (Phi) is 6.22. The lowest BCUT2D eigenvalue weighted by Gasteiger charge is -2.22. The van der Waals surface area contributed by atoms with Crippen LogP contribution in [0.3, 0.4) is 0 Å². The van der Waals surface area contributed by atoms with Crippen molar-refractivity contribution in [2.75, 3.05) is 44.6 Å². The largest absolute Gasteiger partial charge is 0.454 e. The van der Waals surface area contributed by atoms with Gasteiger partial charge < -0.3 is 14.4 Å². The summed E-state index contributed by atoms with van der Waals surface area (Å²) in [7, 11) is 4.01. The lowest BCUT2D eigenvalue weighted by atomic mass is 10.3. The van der Waals surface area contributed by atoms with Crippen molar-refractivity contribution in [1.29, 1.82) is 0 Å². The average Bonchev–Trinajstić information content (AvgIpc) is 3.32. The Morgan fingerprint density at radius 1 is 1.14 bits per heavy atom. The molecule has 0 atom stereocenters. The summed E-state index contributed by atoms with van der Waals surface area (Å²) >= 11 is 3.21. The Hall–Kier alpha value is -2.29. The number of rotatable bonds is 8. The van der Waals surface area contributed by atoms with E-state index >= 15 is 0 Å². The van der Waals surface area contributed by atoms with E-state index in [0.29, 0.717) is 18.7 Å². The number of hydrogen-bond donors (Lipinski definition) is 0. The van der Waals surface area contributed by atoms with E-state index in [1.165, 1.54) is 16.2 Å². The minimum absolute atomic E-state index is 0.0920. The molecule has 1 aliphatic rings. The first kappa shape index (κ1) is 20.0. The van der Waals surface area contributed by atoms with Crippen molar-refractivity contribution in [3.63, 3.8) is 0 Å². The van der Waals surface area contributed by atoms with E-state index in [1.54, 1.807) is 11.8 Å². The van der Waals surface area contributed by atoms with Gasteiger partial charge in [-0.05, 0) is 26.2 Å². The van der Waals surface area contributed by atoms with E-state index in [4.69, 9.17) is 14.5 Å². The average molecular weight is 430 g/mol. The van der Waals surface area contributed by atoms with Gasteiger partial charge in [-0.2, -0.15) is 0 Å². The van der Waals surface area contributed by atoms with Gasteiger partial charge in [-0.15, -0.1) is 11.8 Å².